The van der Waals surface area contributed by atoms with Crippen LogP contribution in [-0.2, 0) is 0 Å². The van der Waals surface area contributed by atoms with Crippen molar-refractivity contribution < 1.29 is 14.6 Å². The fourth-order valence-corrected chi connectivity index (χ4v) is 2.18. The van der Waals surface area contributed by atoms with Crippen LogP contribution < -0.4 is 10.1 Å². The van der Waals surface area contributed by atoms with Crippen molar-refractivity contribution in [3.63, 3.8) is 0 Å². The fraction of sp³-hybridized carbons (Fsp3) is 0.333. The third-order valence-corrected chi connectivity index (χ3v) is 3.28. The highest BCUT2D eigenvalue weighted by Gasteiger charge is 2.11. The first-order valence-corrected chi connectivity index (χ1v) is 7.63. The molecule has 5 nitrogen and oxygen atoms in total. The van der Waals surface area contributed by atoms with Crippen LogP contribution in [0.25, 0.3) is 0 Å². The Morgan fingerprint density at radius 3 is 2.43 bits per heavy atom. The van der Waals surface area contributed by atoms with Crippen molar-refractivity contribution >= 4 is 17.5 Å². The highest BCUT2D eigenvalue weighted by molar-refractivity contribution is 5.87. The molecular formula is C18H22N2O3. The summed E-state index contributed by atoms with van der Waals surface area (Å²) in [6.07, 6.45) is 1.46. The Morgan fingerprint density at radius 2 is 1.91 bits per heavy atom. The minimum Gasteiger partial charge on any atom is -0.491 e. The first-order valence-electron chi connectivity index (χ1n) is 7.63. The molecular weight excluding hydrogens is 292 g/mol. The van der Waals surface area contributed by atoms with E-state index in [1.54, 1.807) is 6.07 Å². The summed E-state index contributed by atoms with van der Waals surface area (Å²) in [4.78, 5) is 15.0. The van der Waals surface area contributed by atoms with Crippen LogP contribution in [-0.4, -0.2) is 22.2 Å². The van der Waals surface area contributed by atoms with E-state index in [9.17, 15) is 4.79 Å². The number of hydrogen-bond donors (Lipinski definition) is 2. The highest BCUT2D eigenvalue weighted by atomic mass is 16.5. The summed E-state index contributed by atoms with van der Waals surface area (Å²) in [5.74, 6) is 0.825. The van der Waals surface area contributed by atoms with Gasteiger partial charge in [-0.2, -0.15) is 0 Å². The zero-order chi connectivity index (χ0) is 17.0. The molecule has 5 heteroatoms. The number of carboxylic acid groups (broad SMARTS) is 1. The Bertz CT molecular complexity index is 679. The number of nitrogens with one attached hydrogen (secondary N) is 1. The number of ether oxygens (including phenoxy) is 1. The number of aromatic nitrogens is 1. The maximum atomic E-state index is 10.8. The normalized spacial score (nSPS) is 10.9. The summed E-state index contributed by atoms with van der Waals surface area (Å²) in [6.45, 7) is 8.24. The van der Waals surface area contributed by atoms with E-state index in [4.69, 9.17) is 9.84 Å². The first kappa shape index (κ1) is 16.8. The molecule has 0 radical (unpaired) electrons. The topological polar surface area (TPSA) is 71.5 Å². The van der Waals surface area contributed by atoms with Gasteiger partial charge < -0.3 is 15.2 Å². The van der Waals surface area contributed by atoms with Gasteiger partial charge in [0.25, 0.3) is 0 Å². The maximum Gasteiger partial charge on any atom is 0.337 e. The summed E-state index contributed by atoms with van der Waals surface area (Å²) in [7, 11) is 0. The van der Waals surface area contributed by atoms with Crippen LogP contribution in [0.2, 0.25) is 0 Å². The summed E-state index contributed by atoms with van der Waals surface area (Å²) in [5.41, 5.74) is 2.17. The van der Waals surface area contributed by atoms with E-state index in [2.05, 4.69) is 24.1 Å². The van der Waals surface area contributed by atoms with E-state index in [1.165, 1.54) is 12.3 Å². The summed E-state index contributed by atoms with van der Waals surface area (Å²) >= 11 is 0. The molecule has 0 aliphatic heterocycles. The van der Waals surface area contributed by atoms with Crippen molar-refractivity contribution in [1.82, 2.24) is 4.98 Å². The number of nitrogens with zero attached hydrogens (tertiary/aromatic N) is 1. The average molecular weight is 314 g/mol. The summed E-state index contributed by atoms with van der Waals surface area (Å²) in [6, 6.07) is 9.09. The standard InChI is InChI=1S/C18H22N2O3/c1-11(2)15-9-14(6-7-16(15)23-12(3)4)20-17-8-5-13(10-19-17)18(21)22/h5-12H,1-4H3,(H,19,20)(H,21,22). The Balaban J connectivity index is 2.22. The second-order valence-corrected chi connectivity index (χ2v) is 5.94. The van der Waals surface area contributed by atoms with Crippen LogP contribution in [0.15, 0.2) is 36.5 Å². The molecule has 1 heterocycles. The number of anilines is 2. The van der Waals surface area contributed by atoms with E-state index in [0.717, 1.165) is 17.0 Å². The van der Waals surface area contributed by atoms with E-state index >= 15 is 0 Å². The molecule has 2 aromatic rings. The molecule has 0 atom stereocenters. The predicted molar refractivity (Wildman–Crippen MR) is 90.8 cm³/mol. The SMILES string of the molecule is CC(C)Oc1ccc(Nc2ccc(C(=O)O)cn2)cc1C(C)C. The van der Waals surface area contributed by atoms with Gasteiger partial charge in [0.05, 0.1) is 11.7 Å². The van der Waals surface area contributed by atoms with Crippen molar-refractivity contribution in [3.8, 4) is 5.75 Å². The molecule has 23 heavy (non-hydrogen) atoms. The van der Waals surface area contributed by atoms with Gasteiger partial charge in [0.1, 0.15) is 11.6 Å². The van der Waals surface area contributed by atoms with Crippen molar-refractivity contribution in [2.75, 3.05) is 5.32 Å². The molecule has 0 fully saturated rings. The number of rotatable bonds is 6. The van der Waals surface area contributed by atoms with Crippen molar-refractivity contribution in [2.24, 2.45) is 0 Å². The van der Waals surface area contributed by atoms with E-state index in [0.29, 0.717) is 11.7 Å². The van der Waals surface area contributed by atoms with Crippen molar-refractivity contribution in [1.29, 1.82) is 0 Å². The number of pyridine rings is 1. The van der Waals surface area contributed by atoms with Crippen molar-refractivity contribution in [3.05, 3.63) is 47.7 Å². The van der Waals surface area contributed by atoms with Gasteiger partial charge in [0.2, 0.25) is 0 Å². The minimum atomic E-state index is -0.985. The Hall–Kier alpha value is -2.56. The van der Waals surface area contributed by atoms with Gasteiger partial charge in [-0.05, 0) is 55.7 Å². The highest BCUT2D eigenvalue weighted by Crippen LogP contribution is 2.31. The van der Waals surface area contributed by atoms with E-state index < -0.39 is 5.97 Å². The van der Waals surface area contributed by atoms with Crippen LogP contribution >= 0.6 is 0 Å². The zero-order valence-electron chi connectivity index (χ0n) is 13.8. The summed E-state index contributed by atoms with van der Waals surface area (Å²) < 4.78 is 5.85. The number of carbonyl (C=O) groups is 1. The Kier molecular flexibility index (Phi) is 5.21. The lowest BCUT2D eigenvalue weighted by molar-refractivity contribution is 0.0696. The molecule has 1 aromatic carbocycles. The molecule has 122 valence electrons. The van der Waals surface area contributed by atoms with Crippen LogP contribution in [0.4, 0.5) is 11.5 Å². The van der Waals surface area contributed by atoms with E-state index in [1.807, 2.05) is 32.0 Å². The molecule has 0 aliphatic rings. The molecule has 0 unspecified atom stereocenters. The predicted octanol–water partition coefficient (Wildman–Crippen LogP) is 4.43. The van der Waals surface area contributed by atoms with Crippen LogP contribution in [0.5, 0.6) is 5.75 Å². The largest absolute Gasteiger partial charge is 0.491 e. The monoisotopic (exact) mass is 314 g/mol. The van der Waals surface area contributed by atoms with Gasteiger partial charge in [0.15, 0.2) is 0 Å². The number of benzene rings is 1. The molecule has 1 aromatic heterocycles. The lowest BCUT2D eigenvalue weighted by Crippen LogP contribution is -2.08. The van der Waals surface area contributed by atoms with Gasteiger partial charge in [-0.3, -0.25) is 0 Å². The molecule has 0 saturated carbocycles. The molecule has 0 aliphatic carbocycles. The van der Waals surface area contributed by atoms with Gasteiger partial charge >= 0.3 is 5.97 Å². The smallest absolute Gasteiger partial charge is 0.337 e. The lowest BCUT2D eigenvalue weighted by atomic mass is 10.0. The molecule has 0 spiro atoms. The van der Waals surface area contributed by atoms with E-state index in [-0.39, 0.29) is 11.7 Å². The second-order valence-electron chi connectivity index (χ2n) is 5.94. The minimum absolute atomic E-state index is 0.122. The molecule has 0 saturated heterocycles. The third kappa shape index (κ3) is 4.45. The Labute approximate surface area is 136 Å². The molecule has 2 rings (SSSR count). The third-order valence-electron chi connectivity index (χ3n) is 3.28. The summed E-state index contributed by atoms with van der Waals surface area (Å²) in [5, 5.41) is 12.1. The number of carboxylic acids is 1. The van der Waals surface area contributed by atoms with Gasteiger partial charge in [-0.1, -0.05) is 13.8 Å². The quantitative estimate of drug-likeness (QED) is 0.825. The fourth-order valence-electron chi connectivity index (χ4n) is 2.18. The zero-order valence-corrected chi connectivity index (χ0v) is 13.8. The second kappa shape index (κ2) is 7.13. The number of hydrogen-bond acceptors (Lipinski definition) is 4. The van der Waals surface area contributed by atoms with Crippen LogP contribution in [0.1, 0.15) is 49.5 Å². The molecule has 2 N–H and O–H groups in total. The van der Waals surface area contributed by atoms with Gasteiger partial charge in [0, 0.05) is 11.9 Å². The molecule has 0 bridgehead atoms. The van der Waals surface area contributed by atoms with Gasteiger partial charge in [-0.25, -0.2) is 9.78 Å². The Morgan fingerprint density at radius 1 is 1.17 bits per heavy atom. The van der Waals surface area contributed by atoms with Gasteiger partial charge in [-0.15, -0.1) is 0 Å². The lowest BCUT2D eigenvalue weighted by Gasteiger charge is -2.18. The maximum absolute atomic E-state index is 10.8. The number of aromatic carboxylic acids is 1. The first-order chi connectivity index (χ1) is 10.9. The molecule has 0 amide bonds. The van der Waals surface area contributed by atoms with Crippen molar-refractivity contribution in [2.45, 2.75) is 39.7 Å². The average Bonchev–Trinajstić information content (AvgIpc) is 2.48. The van der Waals surface area contributed by atoms with Crippen LogP contribution in [0, 0.1) is 0 Å². The van der Waals surface area contributed by atoms with Crippen LogP contribution in [0.3, 0.4) is 0 Å².